The summed E-state index contributed by atoms with van der Waals surface area (Å²) in [6, 6.07) is 0. The number of hydrogen-bond acceptors (Lipinski definition) is 4. The van der Waals surface area contributed by atoms with Crippen LogP contribution >= 0.6 is 47.0 Å². The zero-order chi connectivity index (χ0) is 14.3. The van der Waals surface area contributed by atoms with Crippen LogP contribution < -0.4 is 0 Å². The fourth-order valence-corrected chi connectivity index (χ4v) is 17.1. The van der Waals surface area contributed by atoms with Gasteiger partial charge in [-0.25, -0.2) is 0 Å². The van der Waals surface area contributed by atoms with Crippen LogP contribution in [0.3, 0.4) is 0 Å². The molecule has 0 aromatic heterocycles. The first-order valence-corrected chi connectivity index (χ1v) is 19.1. The summed E-state index contributed by atoms with van der Waals surface area (Å²) in [4.78, 5) is 0. The summed E-state index contributed by atoms with van der Waals surface area (Å²) >= 11 is 11.8. The summed E-state index contributed by atoms with van der Waals surface area (Å²) in [5.74, 6) is 5.90. The second kappa shape index (κ2) is 10.8. The fraction of sp³-hybridized carbons (Fsp3) is 1.00. The van der Waals surface area contributed by atoms with Crippen molar-refractivity contribution in [2.45, 2.75) is 52.9 Å². The second-order valence-corrected chi connectivity index (χ2v) is 17.8. The molecule has 3 heterocycles. The van der Waals surface area contributed by atoms with Crippen LogP contribution in [-0.4, -0.2) is 88.9 Å². The van der Waals surface area contributed by atoms with Gasteiger partial charge in [-0.15, -0.1) is 0 Å². The maximum atomic E-state index is 2.36. The van der Waals surface area contributed by atoms with Crippen LogP contribution in [0.25, 0.3) is 0 Å². The van der Waals surface area contributed by atoms with Crippen molar-refractivity contribution in [3.8, 4) is 0 Å². The van der Waals surface area contributed by atoms with E-state index in [2.05, 4.69) is 47.0 Å². The third kappa shape index (κ3) is 9.87. The molecule has 0 aromatic rings. The standard InChI is InChI=1S/C14H24S4Se3/c1(2-19-6-11-3-16-11)15-14(9-20-7-12-4-17-12)10-21-8-13-5-18-13/h11-14H,1-10H2. The molecule has 0 nitrogen and oxygen atoms in total. The van der Waals surface area contributed by atoms with Gasteiger partial charge in [-0.1, -0.05) is 0 Å². The number of rotatable bonds is 14. The van der Waals surface area contributed by atoms with Crippen molar-refractivity contribution in [2.75, 3.05) is 23.0 Å². The van der Waals surface area contributed by atoms with Crippen LogP contribution in [0.1, 0.15) is 0 Å². The van der Waals surface area contributed by atoms with E-state index in [4.69, 9.17) is 0 Å². The van der Waals surface area contributed by atoms with Gasteiger partial charge in [0.25, 0.3) is 0 Å². The first-order valence-electron chi connectivity index (χ1n) is 7.60. The Bertz CT molecular complexity index is 278. The summed E-state index contributed by atoms with van der Waals surface area (Å²) in [5.41, 5.74) is 0. The Hall–Kier alpha value is 2.96. The van der Waals surface area contributed by atoms with Gasteiger partial charge in [-0.2, -0.15) is 0 Å². The van der Waals surface area contributed by atoms with Gasteiger partial charge in [-0.3, -0.25) is 0 Å². The molecule has 7 heteroatoms. The summed E-state index contributed by atoms with van der Waals surface area (Å²) < 4.78 is 0. The molecule has 0 spiro atoms. The molecule has 0 N–H and O–H groups in total. The van der Waals surface area contributed by atoms with Crippen molar-refractivity contribution in [1.29, 1.82) is 0 Å². The Labute approximate surface area is 166 Å². The van der Waals surface area contributed by atoms with E-state index in [0.29, 0.717) is 0 Å². The first-order chi connectivity index (χ1) is 10.4. The van der Waals surface area contributed by atoms with Gasteiger partial charge in [0.05, 0.1) is 0 Å². The van der Waals surface area contributed by atoms with Crippen molar-refractivity contribution >= 4 is 91.9 Å². The summed E-state index contributed by atoms with van der Waals surface area (Å²) in [5, 5.41) is 13.7. The summed E-state index contributed by atoms with van der Waals surface area (Å²) in [6.45, 7) is 0. The molecule has 0 radical (unpaired) electrons. The van der Waals surface area contributed by atoms with E-state index >= 15 is 0 Å². The van der Waals surface area contributed by atoms with Gasteiger partial charge in [0.1, 0.15) is 0 Å². The SMILES string of the molecule is C(C[Se]CC1CS1)SC(C[Se]CC1CS1)C[Se]CC1CS1. The van der Waals surface area contributed by atoms with E-state index in [1.165, 1.54) is 23.0 Å². The Balaban J connectivity index is 1.22. The summed E-state index contributed by atoms with van der Waals surface area (Å²) in [6.07, 6.45) is 0. The molecule has 21 heavy (non-hydrogen) atoms. The van der Waals surface area contributed by atoms with Gasteiger partial charge >= 0.3 is 168 Å². The monoisotopic (exact) mass is 560 g/mol. The molecule has 3 fully saturated rings. The van der Waals surface area contributed by atoms with E-state index in [0.717, 1.165) is 65.9 Å². The molecule has 3 atom stereocenters. The molecule has 3 rings (SSSR count). The Morgan fingerprint density at radius 1 is 0.810 bits per heavy atom. The van der Waals surface area contributed by atoms with Gasteiger partial charge in [0.2, 0.25) is 0 Å². The molecule has 3 saturated heterocycles. The zero-order valence-corrected chi connectivity index (χ0v) is 20.6. The Morgan fingerprint density at radius 3 is 1.76 bits per heavy atom. The normalized spacial score (nSPS) is 31.1. The molecule has 0 aliphatic carbocycles. The van der Waals surface area contributed by atoms with Crippen LogP contribution in [0.4, 0.5) is 0 Å². The topological polar surface area (TPSA) is 0 Å². The Kier molecular flexibility index (Phi) is 9.67. The predicted molar refractivity (Wildman–Crippen MR) is 111 cm³/mol. The molecule has 0 amide bonds. The van der Waals surface area contributed by atoms with Crippen LogP contribution in [0.2, 0.25) is 31.9 Å². The quantitative estimate of drug-likeness (QED) is 0.180. The van der Waals surface area contributed by atoms with E-state index in [1.807, 2.05) is 0 Å². The molecule has 3 unspecified atom stereocenters. The van der Waals surface area contributed by atoms with Crippen molar-refractivity contribution < 1.29 is 0 Å². The number of thioether (sulfide) groups is 4. The van der Waals surface area contributed by atoms with Crippen molar-refractivity contribution in [2.24, 2.45) is 0 Å². The van der Waals surface area contributed by atoms with Gasteiger partial charge in [-0.05, 0) is 0 Å². The van der Waals surface area contributed by atoms with E-state index in [-0.39, 0.29) is 0 Å². The maximum absolute atomic E-state index is 2.36. The zero-order valence-electron chi connectivity index (χ0n) is 12.2. The van der Waals surface area contributed by atoms with Gasteiger partial charge < -0.3 is 0 Å². The minimum atomic E-state index is 0.950. The van der Waals surface area contributed by atoms with Crippen LogP contribution in [-0.2, 0) is 0 Å². The van der Waals surface area contributed by atoms with E-state index in [9.17, 15) is 0 Å². The third-order valence-electron chi connectivity index (χ3n) is 3.31. The Morgan fingerprint density at radius 2 is 1.29 bits per heavy atom. The third-order valence-corrected chi connectivity index (χ3v) is 18.2. The predicted octanol–water partition coefficient (Wildman–Crippen LogP) is 4.06. The molecule has 3 aliphatic heterocycles. The second-order valence-electron chi connectivity index (χ2n) is 5.51. The van der Waals surface area contributed by atoms with Crippen LogP contribution in [0.15, 0.2) is 0 Å². The molecule has 0 bridgehead atoms. The average Bonchev–Trinajstić information content (AvgIpc) is 3.34. The van der Waals surface area contributed by atoms with E-state index < -0.39 is 0 Å². The van der Waals surface area contributed by atoms with Gasteiger partial charge in [0.15, 0.2) is 0 Å². The van der Waals surface area contributed by atoms with Crippen LogP contribution in [0, 0.1) is 0 Å². The summed E-state index contributed by atoms with van der Waals surface area (Å²) in [7, 11) is 0. The molecule has 0 saturated carbocycles. The first kappa shape index (κ1) is 18.7. The minimum absolute atomic E-state index is 0.950. The molecular weight excluding hydrogens is 533 g/mol. The van der Waals surface area contributed by atoms with Crippen molar-refractivity contribution in [3.63, 3.8) is 0 Å². The molecule has 3 aliphatic rings. The van der Waals surface area contributed by atoms with Gasteiger partial charge in [0, 0.05) is 0 Å². The van der Waals surface area contributed by atoms with Crippen molar-refractivity contribution in [1.82, 2.24) is 0 Å². The van der Waals surface area contributed by atoms with Crippen molar-refractivity contribution in [3.05, 3.63) is 0 Å². The van der Waals surface area contributed by atoms with Crippen LogP contribution in [0.5, 0.6) is 0 Å². The molecule has 122 valence electrons. The van der Waals surface area contributed by atoms with E-state index in [1.54, 1.807) is 31.9 Å². The molecular formula is C14H24S4Se3. The number of hydrogen-bond donors (Lipinski definition) is 0. The fourth-order valence-electron chi connectivity index (χ4n) is 1.79. The average molecular weight is 557 g/mol. The molecule has 0 aromatic carbocycles.